The van der Waals surface area contributed by atoms with Crippen molar-refractivity contribution in [3.05, 3.63) is 12.7 Å². The zero-order valence-electron chi connectivity index (χ0n) is 9.15. The average molecular weight is 210 g/mol. The first kappa shape index (κ1) is 11.7. The van der Waals surface area contributed by atoms with Crippen LogP contribution < -0.4 is 5.43 Å². The lowest BCUT2D eigenvalue weighted by Gasteiger charge is -2.03. The van der Waals surface area contributed by atoms with E-state index in [2.05, 4.69) is 22.5 Å². The lowest BCUT2D eigenvalue weighted by atomic mass is 10.1. The molecule has 1 aromatic heterocycles. The lowest BCUT2D eigenvalue weighted by Crippen LogP contribution is -2.20. The van der Waals surface area contributed by atoms with Gasteiger partial charge in [0.15, 0.2) is 0 Å². The van der Waals surface area contributed by atoms with E-state index in [0.29, 0.717) is 6.42 Å². The molecule has 0 aliphatic heterocycles. The van der Waals surface area contributed by atoms with Gasteiger partial charge in [-0.25, -0.2) is 4.68 Å². The van der Waals surface area contributed by atoms with Gasteiger partial charge < -0.3 is 0 Å². The molecule has 5 nitrogen and oxygen atoms in total. The van der Waals surface area contributed by atoms with Crippen molar-refractivity contribution in [2.75, 3.05) is 5.43 Å². The van der Waals surface area contributed by atoms with Crippen molar-refractivity contribution in [2.45, 2.75) is 45.4 Å². The van der Waals surface area contributed by atoms with E-state index in [4.69, 9.17) is 0 Å². The monoisotopic (exact) mass is 210 g/mol. The van der Waals surface area contributed by atoms with Crippen LogP contribution in [0.2, 0.25) is 0 Å². The van der Waals surface area contributed by atoms with Crippen LogP contribution >= 0.6 is 0 Å². The van der Waals surface area contributed by atoms with Crippen molar-refractivity contribution in [3.63, 3.8) is 0 Å². The number of aromatic nitrogens is 3. The molecular formula is C10H18N4O. The minimum atomic E-state index is 0.0197. The van der Waals surface area contributed by atoms with Gasteiger partial charge in [0.1, 0.15) is 12.7 Å². The third kappa shape index (κ3) is 5.15. The van der Waals surface area contributed by atoms with Crippen molar-refractivity contribution in [1.82, 2.24) is 14.9 Å². The smallest absolute Gasteiger partial charge is 0.238 e. The Balaban J connectivity index is 2.04. The summed E-state index contributed by atoms with van der Waals surface area (Å²) in [6, 6.07) is 0. The molecule has 1 rings (SSSR count). The van der Waals surface area contributed by atoms with Crippen molar-refractivity contribution in [3.8, 4) is 0 Å². The highest BCUT2D eigenvalue weighted by Gasteiger charge is 2.00. The fraction of sp³-hybridized carbons (Fsp3) is 0.700. The molecule has 0 aliphatic rings. The molecule has 1 heterocycles. The molecule has 1 N–H and O–H groups in total. The highest BCUT2D eigenvalue weighted by atomic mass is 16.2. The fourth-order valence-electron chi connectivity index (χ4n) is 1.35. The second-order valence-electron chi connectivity index (χ2n) is 3.57. The Morgan fingerprint density at radius 1 is 1.20 bits per heavy atom. The summed E-state index contributed by atoms with van der Waals surface area (Å²) in [6.45, 7) is 2.18. The molecule has 84 valence electrons. The van der Waals surface area contributed by atoms with Gasteiger partial charge in [0.25, 0.3) is 0 Å². The highest BCUT2D eigenvalue weighted by molar-refractivity contribution is 5.83. The molecule has 0 saturated carbocycles. The maximum Gasteiger partial charge on any atom is 0.238 e. The zero-order valence-corrected chi connectivity index (χ0v) is 9.15. The number of amides is 1. The molecule has 0 bridgehead atoms. The summed E-state index contributed by atoms with van der Waals surface area (Å²) in [5.74, 6) is 0.0197. The SMILES string of the molecule is CCCCCCCC(=O)Nn1cnnc1. The number of unbranched alkanes of at least 4 members (excludes halogenated alkanes) is 4. The summed E-state index contributed by atoms with van der Waals surface area (Å²) < 4.78 is 1.47. The van der Waals surface area contributed by atoms with Crippen molar-refractivity contribution < 1.29 is 4.79 Å². The van der Waals surface area contributed by atoms with Gasteiger partial charge in [0.05, 0.1) is 0 Å². The number of hydrogen-bond acceptors (Lipinski definition) is 3. The van der Waals surface area contributed by atoms with Crippen LogP contribution in [0.15, 0.2) is 12.7 Å². The molecule has 5 heteroatoms. The highest BCUT2D eigenvalue weighted by Crippen LogP contribution is 2.04. The number of rotatable bonds is 7. The molecule has 0 unspecified atom stereocenters. The fourth-order valence-corrected chi connectivity index (χ4v) is 1.35. The summed E-state index contributed by atoms with van der Waals surface area (Å²) >= 11 is 0. The van der Waals surface area contributed by atoms with Crippen LogP contribution in [0.5, 0.6) is 0 Å². The standard InChI is InChI=1S/C10H18N4O/c1-2-3-4-5-6-7-10(15)13-14-8-11-12-9-14/h8-9H,2-7H2,1H3,(H,13,15). The first-order valence-corrected chi connectivity index (χ1v) is 5.47. The van der Waals surface area contributed by atoms with Gasteiger partial charge >= 0.3 is 0 Å². The van der Waals surface area contributed by atoms with E-state index >= 15 is 0 Å². The molecule has 0 radical (unpaired) electrons. The summed E-state index contributed by atoms with van der Waals surface area (Å²) in [7, 11) is 0. The summed E-state index contributed by atoms with van der Waals surface area (Å²) in [6.07, 6.45) is 9.29. The normalized spacial score (nSPS) is 10.2. The average Bonchev–Trinajstić information content (AvgIpc) is 2.70. The van der Waals surface area contributed by atoms with Gasteiger partial charge in [-0.2, -0.15) is 0 Å². The van der Waals surface area contributed by atoms with Crippen molar-refractivity contribution in [1.29, 1.82) is 0 Å². The number of nitrogens with zero attached hydrogens (tertiary/aromatic N) is 3. The maximum atomic E-state index is 11.4. The number of nitrogens with one attached hydrogen (secondary N) is 1. The first-order chi connectivity index (χ1) is 7.33. The van der Waals surface area contributed by atoms with Gasteiger partial charge in [0.2, 0.25) is 5.91 Å². The van der Waals surface area contributed by atoms with E-state index in [1.165, 1.54) is 36.6 Å². The predicted molar refractivity (Wildman–Crippen MR) is 57.8 cm³/mol. The largest absolute Gasteiger partial charge is 0.273 e. The molecular weight excluding hydrogens is 192 g/mol. The maximum absolute atomic E-state index is 11.4. The zero-order chi connectivity index (χ0) is 10.9. The Bertz CT molecular complexity index is 271. The molecule has 15 heavy (non-hydrogen) atoms. The van der Waals surface area contributed by atoms with Crippen LogP contribution in [0, 0.1) is 0 Å². The first-order valence-electron chi connectivity index (χ1n) is 5.47. The molecule has 0 aromatic carbocycles. The summed E-state index contributed by atoms with van der Waals surface area (Å²) in [5, 5.41) is 7.19. The minimum Gasteiger partial charge on any atom is -0.273 e. The van der Waals surface area contributed by atoms with Gasteiger partial charge in [-0.1, -0.05) is 32.6 Å². The van der Waals surface area contributed by atoms with Crippen LogP contribution in [0.3, 0.4) is 0 Å². The molecule has 1 aromatic rings. The lowest BCUT2D eigenvalue weighted by molar-refractivity contribution is -0.117. The van der Waals surface area contributed by atoms with Gasteiger partial charge in [-0.3, -0.25) is 10.2 Å². The Hall–Kier alpha value is -1.39. The van der Waals surface area contributed by atoms with E-state index in [-0.39, 0.29) is 5.91 Å². The summed E-state index contributed by atoms with van der Waals surface area (Å²) in [4.78, 5) is 11.4. The Labute approximate surface area is 89.9 Å². The number of carbonyl (C=O) groups excluding carboxylic acids is 1. The number of carbonyl (C=O) groups is 1. The molecule has 0 atom stereocenters. The van der Waals surface area contributed by atoms with Gasteiger partial charge in [0, 0.05) is 6.42 Å². The molecule has 1 amide bonds. The Morgan fingerprint density at radius 3 is 2.53 bits per heavy atom. The van der Waals surface area contributed by atoms with E-state index in [9.17, 15) is 4.79 Å². The molecule has 0 saturated heterocycles. The second kappa shape index (κ2) is 6.98. The molecule has 0 spiro atoms. The van der Waals surface area contributed by atoms with Crippen LogP contribution in [-0.4, -0.2) is 20.8 Å². The van der Waals surface area contributed by atoms with Crippen LogP contribution in [0.4, 0.5) is 0 Å². The Morgan fingerprint density at radius 2 is 1.87 bits per heavy atom. The summed E-state index contributed by atoms with van der Waals surface area (Å²) in [5.41, 5.74) is 2.67. The Kier molecular flexibility index (Phi) is 5.43. The van der Waals surface area contributed by atoms with Crippen LogP contribution in [-0.2, 0) is 4.79 Å². The quantitative estimate of drug-likeness (QED) is 0.697. The minimum absolute atomic E-state index is 0.0197. The van der Waals surface area contributed by atoms with Crippen LogP contribution in [0.1, 0.15) is 45.4 Å². The third-order valence-corrected chi connectivity index (χ3v) is 2.18. The van der Waals surface area contributed by atoms with Crippen molar-refractivity contribution >= 4 is 5.91 Å². The van der Waals surface area contributed by atoms with E-state index < -0.39 is 0 Å². The molecule has 0 aliphatic carbocycles. The second-order valence-corrected chi connectivity index (χ2v) is 3.57. The van der Waals surface area contributed by atoms with E-state index in [1.54, 1.807) is 0 Å². The van der Waals surface area contributed by atoms with Crippen molar-refractivity contribution in [2.24, 2.45) is 0 Å². The third-order valence-electron chi connectivity index (χ3n) is 2.18. The van der Waals surface area contributed by atoms with E-state index in [0.717, 1.165) is 12.8 Å². The van der Waals surface area contributed by atoms with Gasteiger partial charge in [-0.05, 0) is 6.42 Å². The van der Waals surface area contributed by atoms with Crippen LogP contribution in [0.25, 0.3) is 0 Å². The number of hydrogen-bond donors (Lipinski definition) is 1. The molecule has 0 fully saturated rings. The topological polar surface area (TPSA) is 59.8 Å². The van der Waals surface area contributed by atoms with Gasteiger partial charge in [-0.15, -0.1) is 10.2 Å². The predicted octanol–water partition coefficient (Wildman–Crippen LogP) is 1.71. The van der Waals surface area contributed by atoms with E-state index in [1.807, 2.05) is 0 Å².